The predicted octanol–water partition coefficient (Wildman–Crippen LogP) is 4.03. The Morgan fingerprint density at radius 2 is 2.12 bits per heavy atom. The van der Waals surface area contributed by atoms with E-state index < -0.39 is 0 Å². The lowest BCUT2D eigenvalue weighted by Crippen LogP contribution is -2.51. The van der Waals surface area contributed by atoms with E-state index in [0.717, 1.165) is 45.3 Å². The van der Waals surface area contributed by atoms with Crippen LogP contribution in [-0.2, 0) is 11.3 Å². The van der Waals surface area contributed by atoms with Crippen LogP contribution in [0.5, 0.6) is 0 Å². The van der Waals surface area contributed by atoms with Crippen LogP contribution in [0.15, 0.2) is 29.6 Å². The van der Waals surface area contributed by atoms with Crippen LogP contribution in [0, 0.1) is 11.8 Å². The summed E-state index contributed by atoms with van der Waals surface area (Å²) >= 11 is 1.83. The van der Waals surface area contributed by atoms with Crippen molar-refractivity contribution in [3.63, 3.8) is 0 Å². The monoisotopic (exact) mass is 342 g/mol. The summed E-state index contributed by atoms with van der Waals surface area (Å²) in [7, 11) is 0. The van der Waals surface area contributed by atoms with E-state index in [2.05, 4.69) is 46.8 Å². The zero-order valence-electron chi connectivity index (χ0n) is 14.3. The molecule has 24 heavy (non-hydrogen) atoms. The van der Waals surface area contributed by atoms with E-state index >= 15 is 0 Å². The van der Waals surface area contributed by atoms with E-state index in [0.29, 0.717) is 23.8 Å². The van der Waals surface area contributed by atoms with Gasteiger partial charge >= 0.3 is 0 Å². The quantitative estimate of drug-likeness (QED) is 0.890. The molecule has 0 spiro atoms. The summed E-state index contributed by atoms with van der Waals surface area (Å²) in [6, 6.07) is 9.17. The van der Waals surface area contributed by atoms with Gasteiger partial charge in [0.25, 0.3) is 0 Å². The van der Waals surface area contributed by atoms with E-state index in [-0.39, 0.29) is 0 Å². The number of rotatable bonds is 5. The van der Waals surface area contributed by atoms with Crippen LogP contribution in [-0.4, -0.2) is 29.9 Å². The third-order valence-electron chi connectivity index (χ3n) is 5.61. The largest absolute Gasteiger partial charge is 0.342 e. The van der Waals surface area contributed by atoms with Crippen molar-refractivity contribution >= 4 is 27.3 Å². The summed E-state index contributed by atoms with van der Waals surface area (Å²) in [4.78, 5) is 14.5. The van der Waals surface area contributed by atoms with E-state index in [1.807, 2.05) is 11.3 Å². The highest BCUT2D eigenvalue weighted by atomic mass is 32.1. The highest BCUT2D eigenvalue weighted by Crippen LogP contribution is 2.33. The molecule has 1 aromatic carbocycles. The Kier molecular flexibility index (Phi) is 4.59. The SMILES string of the molecule is CC[C@H]1CN(C(=O)C2CC2)CC[C@@H]1NCc1csc2ccccc12. The zero-order valence-corrected chi connectivity index (χ0v) is 15.1. The Morgan fingerprint density at radius 3 is 2.92 bits per heavy atom. The van der Waals surface area contributed by atoms with Crippen molar-refractivity contribution in [2.24, 2.45) is 11.8 Å². The molecule has 1 amide bonds. The average Bonchev–Trinajstić information content (AvgIpc) is 3.40. The molecule has 1 aliphatic heterocycles. The van der Waals surface area contributed by atoms with Gasteiger partial charge in [-0.25, -0.2) is 0 Å². The molecule has 0 radical (unpaired) electrons. The van der Waals surface area contributed by atoms with Gasteiger partial charge in [0, 0.05) is 36.3 Å². The minimum Gasteiger partial charge on any atom is -0.342 e. The van der Waals surface area contributed by atoms with Crippen LogP contribution >= 0.6 is 11.3 Å². The molecule has 2 aromatic rings. The summed E-state index contributed by atoms with van der Waals surface area (Å²) in [6.07, 6.45) is 4.44. The van der Waals surface area contributed by atoms with Gasteiger partial charge in [0.15, 0.2) is 0 Å². The number of carbonyl (C=O) groups excluding carboxylic acids is 1. The standard InChI is InChI=1S/C20H26N2OS/c1-2-14-12-22(20(23)15-7-8-15)10-9-18(14)21-11-16-13-24-19-6-4-3-5-17(16)19/h3-6,13-15,18,21H,2,7-12H2,1H3/t14-,18-/m0/s1. The number of hydrogen-bond acceptors (Lipinski definition) is 3. The maximum absolute atomic E-state index is 12.3. The van der Waals surface area contributed by atoms with Gasteiger partial charge in [0.1, 0.15) is 0 Å². The number of carbonyl (C=O) groups is 1. The van der Waals surface area contributed by atoms with Crippen molar-refractivity contribution in [3.05, 3.63) is 35.2 Å². The first-order valence-electron chi connectivity index (χ1n) is 9.23. The van der Waals surface area contributed by atoms with Gasteiger partial charge in [-0.3, -0.25) is 4.79 Å². The van der Waals surface area contributed by atoms with Gasteiger partial charge in [0.05, 0.1) is 0 Å². The topological polar surface area (TPSA) is 32.3 Å². The molecule has 2 heterocycles. The van der Waals surface area contributed by atoms with Crippen LogP contribution in [0.2, 0.25) is 0 Å². The number of piperidine rings is 1. The molecule has 2 aliphatic rings. The van der Waals surface area contributed by atoms with E-state index in [1.165, 1.54) is 15.6 Å². The summed E-state index contributed by atoms with van der Waals surface area (Å²) in [5.74, 6) is 1.34. The Balaban J connectivity index is 1.38. The van der Waals surface area contributed by atoms with Crippen LogP contribution in [0.3, 0.4) is 0 Å². The molecule has 1 saturated heterocycles. The fraction of sp³-hybridized carbons (Fsp3) is 0.550. The van der Waals surface area contributed by atoms with Crippen LogP contribution in [0.1, 0.15) is 38.2 Å². The Morgan fingerprint density at radius 1 is 1.29 bits per heavy atom. The predicted molar refractivity (Wildman–Crippen MR) is 100 cm³/mol. The zero-order chi connectivity index (χ0) is 16.5. The number of benzene rings is 1. The third kappa shape index (κ3) is 3.22. The normalized spacial score (nSPS) is 24.5. The molecule has 2 fully saturated rings. The second-order valence-corrected chi connectivity index (χ2v) is 8.17. The van der Waals surface area contributed by atoms with Crippen molar-refractivity contribution in [1.29, 1.82) is 0 Å². The van der Waals surface area contributed by atoms with E-state index in [9.17, 15) is 4.79 Å². The Labute approximate surface area is 148 Å². The van der Waals surface area contributed by atoms with Crippen molar-refractivity contribution in [2.75, 3.05) is 13.1 Å². The van der Waals surface area contributed by atoms with E-state index in [4.69, 9.17) is 0 Å². The molecule has 1 aromatic heterocycles. The highest BCUT2D eigenvalue weighted by molar-refractivity contribution is 7.17. The maximum atomic E-state index is 12.3. The molecule has 3 nitrogen and oxygen atoms in total. The lowest BCUT2D eigenvalue weighted by molar-refractivity contribution is -0.134. The molecular formula is C20H26N2OS. The Hall–Kier alpha value is -1.39. The number of hydrogen-bond donors (Lipinski definition) is 1. The summed E-state index contributed by atoms with van der Waals surface area (Å²) in [6.45, 7) is 5.05. The number of thiophene rings is 1. The van der Waals surface area contributed by atoms with Crippen molar-refractivity contribution in [1.82, 2.24) is 10.2 Å². The van der Waals surface area contributed by atoms with Crippen LogP contribution in [0.25, 0.3) is 10.1 Å². The highest BCUT2D eigenvalue weighted by Gasteiger charge is 2.37. The van der Waals surface area contributed by atoms with Crippen molar-refractivity contribution < 1.29 is 4.79 Å². The number of amides is 1. The smallest absolute Gasteiger partial charge is 0.225 e. The summed E-state index contributed by atoms with van der Waals surface area (Å²) in [5.41, 5.74) is 1.40. The van der Waals surface area contributed by atoms with Crippen LogP contribution in [0.4, 0.5) is 0 Å². The van der Waals surface area contributed by atoms with Gasteiger partial charge in [-0.1, -0.05) is 31.5 Å². The molecule has 128 valence electrons. The fourth-order valence-corrected chi connectivity index (χ4v) is 4.88. The first-order chi connectivity index (χ1) is 11.8. The second kappa shape index (κ2) is 6.85. The summed E-state index contributed by atoms with van der Waals surface area (Å²) < 4.78 is 1.37. The molecular weight excluding hydrogens is 316 g/mol. The fourth-order valence-electron chi connectivity index (χ4n) is 3.91. The van der Waals surface area contributed by atoms with Gasteiger partial charge < -0.3 is 10.2 Å². The molecule has 1 aliphatic carbocycles. The van der Waals surface area contributed by atoms with Gasteiger partial charge in [0.2, 0.25) is 5.91 Å². The van der Waals surface area contributed by atoms with Gasteiger partial charge in [-0.2, -0.15) is 0 Å². The molecule has 0 bridgehead atoms. The lowest BCUT2D eigenvalue weighted by Gasteiger charge is -2.39. The first-order valence-corrected chi connectivity index (χ1v) is 10.1. The number of nitrogens with zero attached hydrogens (tertiary/aromatic N) is 1. The van der Waals surface area contributed by atoms with E-state index in [1.54, 1.807) is 0 Å². The van der Waals surface area contributed by atoms with Crippen molar-refractivity contribution in [2.45, 2.75) is 45.2 Å². The molecule has 4 rings (SSSR count). The first kappa shape index (κ1) is 16.1. The third-order valence-corrected chi connectivity index (χ3v) is 6.62. The molecule has 4 heteroatoms. The lowest BCUT2D eigenvalue weighted by atomic mass is 9.89. The molecule has 1 saturated carbocycles. The molecule has 0 unspecified atom stereocenters. The average molecular weight is 343 g/mol. The van der Waals surface area contributed by atoms with Crippen LogP contribution < -0.4 is 5.32 Å². The minimum absolute atomic E-state index is 0.351. The summed E-state index contributed by atoms with van der Waals surface area (Å²) in [5, 5.41) is 7.45. The Bertz CT molecular complexity index is 721. The van der Waals surface area contributed by atoms with Crippen molar-refractivity contribution in [3.8, 4) is 0 Å². The second-order valence-electron chi connectivity index (χ2n) is 7.26. The van der Waals surface area contributed by atoms with Gasteiger partial charge in [-0.15, -0.1) is 11.3 Å². The number of fused-ring (bicyclic) bond motifs is 1. The minimum atomic E-state index is 0.351. The number of nitrogens with one attached hydrogen (secondary N) is 1. The molecule has 1 N–H and O–H groups in total. The van der Waals surface area contributed by atoms with Gasteiger partial charge in [-0.05, 0) is 47.6 Å². The molecule has 2 atom stereocenters. The number of likely N-dealkylation sites (tertiary alicyclic amines) is 1. The maximum Gasteiger partial charge on any atom is 0.225 e.